The first-order valence-corrected chi connectivity index (χ1v) is 7.32. The molecule has 1 heterocycles. The summed E-state index contributed by atoms with van der Waals surface area (Å²) in [6.07, 6.45) is 6.40. The van der Waals surface area contributed by atoms with Crippen molar-refractivity contribution in [2.24, 2.45) is 11.3 Å². The molecule has 0 aromatic rings. The molecule has 0 radical (unpaired) electrons. The Morgan fingerprint density at radius 1 is 1.16 bits per heavy atom. The van der Waals surface area contributed by atoms with Crippen LogP contribution in [0.15, 0.2) is 23.3 Å². The molecule has 2 heteroatoms. The first-order valence-electron chi connectivity index (χ1n) is 7.32. The zero-order valence-electron chi connectivity index (χ0n) is 13.2. The Hall–Kier alpha value is -1.05. The lowest BCUT2D eigenvalue weighted by Gasteiger charge is -2.40. The molecule has 0 N–H and O–H groups in total. The lowest BCUT2D eigenvalue weighted by atomic mass is 9.74. The lowest BCUT2D eigenvalue weighted by Crippen LogP contribution is -2.50. The molecule has 0 saturated heterocycles. The van der Waals surface area contributed by atoms with Gasteiger partial charge in [-0.2, -0.15) is 0 Å². The highest BCUT2D eigenvalue weighted by atomic mass is 16.2. The van der Waals surface area contributed by atoms with Crippen molar-refractivity contribution in [1.82, 2.24) is 4.90 Å². The molecule has 1 aliphatic heterocycles. The first-order chi connectivity index (χ1) is 8.62. The monoisotopic (exact) mass is 261 g/mol. The fourth-order valence-electron chi connectivity index (χ4n) is 3.32. The van der Waals surface area contributed by atoms with Crippen molar-refractivity contribution in [2.45, 2.75) is 59.9 Å². The molecule has 1 unspecified atom stereocenters. The van der Waals surface area contributed by atoms with E-state index in [2.05, 4.69) is 58.6 Å². The number of allylic oxidation sites excluding steroid dienone is 2. The van der Waals surface area contributed by atoms with E-state index in [-0.39, 0.29) is 16.9 Å². The molecule has 0 fully saturated rings. The third kappa shape index (κ3) is 2.63. The van der Waals surface area contributed by atoms with E-state index in [0.717, 1.165) is 19.4 Å². The van der Waals surface area contributed by atoms with Crippen LogP contribution in [0, 0.1) is 11.3 Å². The van der Waals surface area contributed by atoms with Gasteiger partial charge in [0, 0.05) is 12.1 Å². The second-order valence-electron chi connectivity index (χ2n) is 7.87. The Balaban J connectivity index is 2.44. The van der Waals surface area contributed by atoms with Crippen LogP contribution < -0.4 is 0 Å². The summed E-state index contributed by atoms with van der Waals surface area (Å²) in [6.45, 7) is 13.8. The highest BCUT2D eigenvalue weighted by Crippen LogP contribution is 2.42. The topological polar surface area (TPSA) is 20.3 Å². The van der Waals surface area contributed by atoms with E-state index < -0.39 is 0 Å². The Bertz CT molecular complexity index is 443. The summed E-state index contributed by atoms with van der Waals surface area (Å²) in [5.41, 5.74) is 2.66. The Labute approximate surface area is 117 Å². The molecule has 0 aromatic heterocycles. The molecule has 1 aliphatic carbocycles. The van der Waals surface area contributed by atoms with Crippen LogP contribution in [0.5, 0.6) is 0 Å². The molecule has 2 rings (SSSR count). The summed E-state index contributed by atoms with van der Waals surface area (Å²) in [5, 5.41) is 0. The third-order valence-corrected chi connectivity index (χ3v) is 4.21. The smallest absolute Gasteiger partial charge is 0.230 e. The molecule has 1 amide bonds. The predicted molar refractivity (Wildman–Crippen MR) is 79.8 cm³/mol. The number of carbonyl (C=O) groups excluding carboxylic acids is 1. The molecule has 1 atom stereocenters. The molecule has 0 spiro atoms. The van der Waals surface area contributed by atoms with Crippen molar-refractivity contribution in [1.29, 1.82) is 0 Å². The maximum Gasteiger partial charge on any atom is 0.230 e. The largest absolute Gasteiger partial charge is 0.337 e. The summed E-state index contributed by atoms with van der Waals surface area (Å²) >= 11 is 0. The lowest BCUT2D eigenvalue weighted by molar-refractivity contribution is -0.141. The molecule has 2 nitrogen and oxygen atoms in total. The highest BCUT2D eigenvalue weighted by molar-refractivity contribution is 5.84. The first kappa shape index (κ1) is 14.4. The second-order valence-corrected chi connectivity index (χ2v) is 7.87. The van der Waals surface area contributed by atoms with Gasteiger partial charge in [0.25, 0.3) is 0 Å². The zero-order chi connectivity index (χ0) is 14.4. The number of amides is 1. The van der Waals surface area contributed by atoms with Crippen molar-refractivity contribution in [2.75, 3.05) is 6.54 Å². The second kappa shape index (κ2) is 4.50. The Morgan fingerprint density at radius 3 is 2.32 bits per heavy atom. The van der Waals surface area contributed by atoms with Gasteiger partial charge in [-0.3, -0.25) is 4.79 Å². The van der Waals surface area contributed by atoms with Gasteiger partial charge in [0.1, 0.15) is 0 Å². The number of rotatable bonds is 0. The van der Waals surface area contributed by atoms with Gasteiger partial charge in [0.15, 0.2) is 0 Å². The molecule has 106 valence electrons. The van der Waals surface area contributed by atoms with Gasteiger partial charge in [0.05, 0.1) is 5.92 Å². The van der Waals surface area contributed by atoms with Crippen LogP contribution in [-0.2, 0) is 4.79 Å². The van der Waals surface area contributed by atoms with E-state index in [4.69, 9.17) is 0 Å². The minimum absolute atomic E-state index is 0.0163. The van der Waals surface area contributed by atoms with Crippen molar-refractivity contribution >= 4 is 5.91 Å². The van der Waals surface area contributed by atoms with E-state index in [0.29, 0.717) is 5.91 Å². The molecular formula is C17H27NO. The maximum atomic E-state index is 13.0. The average molecular weight is 261 g/mol. The van der Waals surface area contributed by atoms with Crippen LogP contribution >= 0.6 is 0 Å². The zero-order valence-corrected chi connectivity index (χ0v) is 13.2. The SMILES string of the molecule is CC(C)(C)C1C(=O)N(C(C)(C)C)CCC2=C1CC=C2. The van der Waals surface area contributed by atoms with Crippen LogP contribution in [-0.4, -0.2) is 22.9 Å². The standard InChI is InChI=1S/C17H27NO/c1-16(2,3)14-13-9-7-8-12(13)10-11-18(15(14)19)17(4,5)6/h7-8,14H,9-11H2,1-6H3. The van der Waals surface area contributed by atoms with E-state index in [9.17, 15) is 4.79 Å². The molecule has 19 heavy (non-hydrogen) atoms. The quantitative estimate of drug-likeness (QED) is 0.647. The summed E-state index contributed by atoms with van der Waals surface area (Å²) < 4.78 is 0. The van der Waals surface area contributed by atoms with Crippen molar-refractivity contribution in [3.63, 3.8) is 0 Å². The van der Waals surface area contributed by atoms with Crippen LogP contribution in [0.4, 0.5) is 0 Å². The van der Waals surface area contributed by atoms with Crippen LogP contribution in [0.2, 0.25) is 0 Å². The van der Waals surface area contributed by atoms with Crippen LogP contribution in [0.3, 0.4) is 0 Å². The number of hydrogen-bond acceptors (Lipinski definition) is 1. The fourth-order valence-corrected chi connectivity index (χ4v) is 3.32. The van der Waals surface area contributed by atoms with Gasteiger partial charge in [-0.15, -0.1) is 0 Å². The summed E-state index contributed by atoms with van der Waals surface area (Å²) in [4.78, 5) is 15.1. The number of carbonyl (C=O) groups is 1. The molecule has 0 saturated carbocycles. The van der Waals surface area contributed by atoms with Gasteiger partial charge in [-0.25, -0.2) is 0 Å². The predicted octanol–water partition coefficient (Wildman–Crippen LogP) is 3.94. The highest BCUT2D eigenvalue weighted by Gasteiger charge is 2.42. The van der Waals surface area contributed by atoms with Crippen molar-refractivity contribution < 1.29 is 4.79 Å². The minimum Gasteiger partial charge on any atom is -0.337 e. The van der Waals surface area contributed by atoms with E-state index >= 15 is 0 Å². The maximum absolute atomic E-state index is 13.0. The fraction of sp³-hybridized carbons (Fsp3) is 0.706. The van der Waals surface area contributed by atoms with Gasteiger partial charge < -0.3 is 4.90 Å². The van der Waals surface area contributed by atoms with E-state index in [1.165, 1.54) is 11.1 Å². The van der Waals surface area contributed by atoms with Gasteiger partial charge in [-0.1, -0.05) is 38.5 Å². The minimum atomic E-state index is -0.0932. The summed E-state index contributed by atoms with van der Waals surface area (Å²) in [6, 6.07) is 0. The molecular weight excluding hydrogens is 234 g/mol. The third-order valence-electron chi connectivity index (χ3n) is 4.21. The molecule has 0 bridgehead atoms. The van der Waals surface area contributed by atoms with E-state index in [1.807, 2.05) is 0 Å². The van der Waals surface area contributed by atoms with Gasteiger partial charge >= 0.3 is 0 Å². The van der Waals surface area contributed by atoms with E-state index in [1.54, 1.807) is 0 Å². The Kier molecular flexibility index (Phi) is 3.40. The van der Waals surface area contributed by atoms with Crippen LogP contribution in [0.25, 0.3) is 0 Å². The Morgan fingerprint density at radius 2 is 1.79 bits per heavy atom. The summed E-state index contributed by atoms with van der Waals surface area (Å²) in [7, 11) is 0. The van der Waals surface area contributed by atoms with Gasteiger partial charge in [-0.05, 0) is 44.6 Å². The van der Waals surface area contributed by atoms with Gasteiger partial charge in [0.2, 0.25) is 5.91 Å². The normalized spacial score (nSPS) is 24.8. The number of hydrogen-bond donors (Lipinski definition) is 0. The summed E-state index contributed by atoms with van der Waals surface area (Å²) in [5.74, 6) is 0.341. The number of nitrogens with zero attached hydrogens (tertiary/aromatic N) is 1. The average Bonchev–Trinajstić information content (AvgIpc) is 2.57. The van der Waals surface area contributed by atoms with Crippen LogP contribution in [0.1, 0.15) is 54.4 Å². The van der Waals surface area contributed by atoms with Crippen molar-refractivity contribution in [3.05, 3.63) is 23.3 Å². The molecule has 0 aromatic carbocycles. The van der Waals surface area contributed by atoms with Crippen molar-refractivity contribution in [3.8, 4) is 0 Å². The molecule has 2 aliphatic rings.